The third-order valence-corrected chi connectivity index (χ3v) is 2.59. The van der Waals surface area contributed by atoms with Gasteiger partial charge in [-0.1, -0.05) is 12.1 Å². The lowest BCUT2D eigenvalue weighted by atomic mass is 10.2. The number of alkyl halides is 1. The number of quaternary nitrogens is 1. The minimum atomic E-state index is -1.16. The van der Waals surface area contributed by atoms with Gasteiger partial charge in [0.1, 0.15) is 11.9 Å². The Morgan fingerprint density at radius 2 is 2.06 bits per heavy atom. The van der Waals surface area contributed by atoms with Crippen LogP contribution < -0.4 is 10.6 Å². The van der Waals surface area contributed by atoms with E-state index in [4.69, 9.17) is 0 Å². The lowest BCUT2D eigenvalue weighted by molar-refractivity contribution is -0.518. The van der Waals surface area contributed by atoms with E-state index in [-0.39, 0.29) is 6.42 Å². The van der Waals surface area contributed by atoms with Gasteiger partial charge in [-0.2, -0.15) is 0 Å². The first-order valence-electron chi connectivity index (χ1n) is 6.21. The molecule has 0 heterocycles. The predicted molar refractivity (Wildman–Crippen MR) is 71.2 cm³/mol. The monoisotopic (exact) mass is 255 g/mol. The van der Waals surface area contributed by atoms with Crippen LogP contribution in [0, 0.1) is 0 Å². The van der Waals surface area contributed by atoms with Crippen LogP contribution in [0.4, 0.5) is 20.2 Å². The minimum Gasteiger partial charge on any atom is -0.381 e. The molecule has 0 radical (unpaired) electrons. The van der Waals surface area contributed by atoms with E-state index in [9.17, 15) is 8.78 Å². The van der Waals surface area contributed by atoms with Gasteiger partial charge in [-0.15, -0.1) is 0 Å². The van der Waals surface area contributed by atoms with Crippen LogP contribution in [0.5, 0.6) is 0 Å². The molecule has 1 atom stereocenters. The van der Waals surface area contributed by atoms with Crippen molar-refractivity contribution in [3.63, 3.8) is 0 Å². The molecule has 0 spiro atoms. The van der Waals surface area contributed by atoms with Crippen molar-refractivity contribution in [3.05, 3.63) is 35.8 Å². The molecule has 0 saturated heterocycles. The lowest BCUT2D eigenvalue weighted by Gasteiger charge is -2.09. The van der Waals surface area contributed by atoms with Gasteiger partial charge in [-0.25, -0.2) is 8.78 Å². The molecule has 0 aliphatic heterocycles. The molecule has 0 saturated carbocycles. The number of benzene rings is 1. The fourth-order valence-electron chi connectivity index (χ4n) is 1.69. The first-order valence-corrected chi connectivity index (χ1v) is 6.21. The van der Waals surface area contributed by atoms with Crippen LogP contribution in [-0.2, 0) is 0 Å². The molecule has 0 amide bonds. The smallest absolute Gasteiger partial charge is 0.159 e. The molecule has 1 aromatic rings. The molecule has 0 aliphatic rings. The second kappa shape index (κ2) is 7.11. The van der Waals surface area contributed by atoms with E-state index in [2.05, 4.69) is 5.32 Å². The summed E-state index contributed by atoms with van der Waals surface area (Å²) in [6.45, 7) is 5.84. The van der Waals surface area contributed by atoms with Crippen molar-refractivity contribution in [2.24, 2.45) is 0 Å². The van der Waals surface area contributed by atoms with E-state index in [1.165, 1.54) is 6.92 Å². The second-order valence-corrected chi connectivity index (χ2v) is 4.33. The van der Waals surface area contributed by atoms with Crippen molar-refractivity contribution < 1.29 is 14.1 Å². The van der Waals surface area contributed by atoms with Gasteiger partial charge in [0.2, 0.25) is 0 Å². The molecule has 3 N–H and O–H groups in total. The Morgan fingerprint density at radius 1 is 1.39 bits per heavy atom. The molecular formula is C14H21F2N2+. The molecule has 1 unspecified atom stereocenters. The van der Waals surface area contributed by atoms with Gasteiger partial charge >= 0.3 is 0 Å². The van der Waals surface area contributed by atoms with Gasteiger partial charge < -0.3 is 5.32 Å². The average Bonchev–Trinajstić information content (AvgIpc) is 2.31. The number of anilines is 1. The predicted octanol–water partition coefficient (Wildman–Crippen LogP) is 3.26. The molecule has 0 aromatic heterocycles. The van der Waals surface area contributed by atoms with Crippen molar-refractivity contribution >= 4 is 11.4 Å². The van der Waals surface area contributed by atoms with Crippen molar-refractivity contribution in [2.45, 2.75) is 33.4 Å². The van der Waals surface area contributed by atoms with E-state index in [0.717, 1.165) is 17.9 Å². The van der Waals surface area contributed by atoms with Gasteiger partial charge in [0.25, 0.3) is 0 Å². The summed E-state index contributed by atoms with van der Waals surface area (Å²) in [5, 5.41) is 4.96. The standard InChI is InChI=1S/C14H20F2N2/c1-4-17-13-7-5-6-8-14(13)18-11(3)12(16)9-10(2)15/h5-8,10,17-18H,4,9H2,1-3H3/p+1. The molecule has 18 heavy (non-hydrogen) atoms. The van der Waals surface area contributed by atoms with E-state index in [1.807, 2.05) is 31.2 Å². The lowest BCUT2D eigenvalue weighted by Crippen LogP contribution is -2.75. The summed E-state index contributed by atoms with van der Waals surface area (Å²) in [5.41, 5.74) is 2.35. The number of hydrogen-bond acceptors (Lipinski definition) is 1. The Hall–Kier alpha value is -1.42. The number of halogens is 2. The molecule has 100 valence electrons. The Bertz CT molecular complexity index is 414. The highest BCUT2D eigenvalue weighted by atomic mass is 19.1. The maximum Gasteiger partial charge on any atom is 0.159 e. The van der Waals surface area contributed by atoms with Crippen molar-refractivity contribution in [1.82, 2.24) is 0 Å². The number of allylic oxidation sites excluding steroid dienone is 2. The third kappa shape index (κ3) is 4.45. The molecule has 0 fully saturated rings. The Labute approximate surface area is 107 Å². The topological polar surface area (TPSA) is 28.6 Å². The highest BCUT2D eigenvalue weighted by Gasteiger charge is 2.12. The number of nitrogens with two attached hydrogens (primary N) is 1. The summed E-state index contributed by atoms with van der Waals surface area (Å²) in [6, 6.07) is 7.68. The van der Waals surface area contributed by atoms with E-state index in [0.29, 0.717) is 5.70 Å². The average molecular weight is 255 g/mol. The maximum atomic E-state index is 13.6. The summed E-state index contributed by atoms with van der Waals surface area (Å²) in [5.74, 6) is -0.392. The number of para-hydroxylation sites is 2. The summed E-state index contributed by atoms with van der Waals surface area (Å²) in [4.78, 5) is 0. The Balaban J connectivity index is 2.83. The molecule has 1 rings (SSSR count). The fraction of sp³-hybridized carbons (Fsp3) is 0.429. The molecule has 2 nitrogen and oxygen atoms in total. The summed E-state index contributed by atoms with van der Waals surface area (Å²) in [7, 11) is 0. The zero-order chi connectivity index (χ0) is 13.5. The van der Waals surface area contributed by atoms with Gasteiger partial charge in [0.15, 0.2) is 11.5 Å². The molecule has 0 bridgehead atoms. The Kier molecular flexibility index (Phi) is 5.78. The van der Waals surface area contributed by atoms with Crippen LogP contribution in [0.15, 0.2) is 35.8 Å². The van der Waals surface area contributed by atoms with Crippen LogP contribution in [0.3, 0.4) is 0 Å². The van der Waals surface area contributed by atoms with Gasteiger partial charge in [-0.3, -0.25) is 5.32 Å². The fourth-order valence-corrected chi connectivity index (χ4v) is 1.69. The van der Waals surface area contributed by atoms with E-state index < -0.39 is 12.0 Å². The molecule has 4 heteroatoms. The number of nitrogens with one attached hydrogen (secondary N) is 1. The van der Waals surface area contributed by atoms with Crippen LogP contribution in [-0.4, -0.2) is 12.7 Å². The SMILES string of the molecule is CCNc1ccccc1[NH2+]C(C)=C(F)CC(C)F. The normalized spacial score (nSPS) is 14.1. The number of hydrogen-bond donors (Lipinski definition) is 2. The van der Waals surface area contributed by atoms with Gasteiger partial charge in [0, 0.05) is 26.0 Å². The van der Waals surface area contributed by atoms with E-state index >= 15 is 0 Å². The van der Waals surface area contributed by atoms with Crippen LogP contribution in [0.2, 0.25) is 0 Å². The molecule has 1 aromatic carbocycles. The summed E-state index contributed by atoms with van der Waals surface area (Å²) < 4.78 is 26.4. The van der Waals surface area contributed by atoms with Crippen LogP contribution in [0.1, 0.15) is 27.2 Å². The highest BCUT2D eigenvalue weighted by molar-refractivity contribution is 5.60. The largest absolute Gasteiger partial charge is 0.381 e. The Morgan fingerprint density at radius 3 is 2.67 bits per heavy atom. The molecular weight excluding hydrogens is 234 g/mol. The second-order valence-electron chi connectivity index (χ2n) is 4.33. The maximum absolute atomic E-state index is 13.6. The van der Waals surface area contributed by atoms with Crippen molar-refractivity contribution in [2.75, 3.05) is 11.9 Å². The third-order valence-electron chi connectivity index (χ3n) is 2.59. The zero-order valence-corrected chi connectivity index (χ0v) is 11.1. The first-order chi connectivity index (χ1) is 8.54. The van der Waals surface area contributed by atoms with Crippen molar-refractivity contribution in [1.29, 1.82) is 0 Å². The van der Waals surface area contributed by atoms with Crippen molar-refractivity contribution in [3.8, 4) is 0 Å². The van der Waals surface area contributed by atoms with Crippen LogP contribution in [0.25, 0.3) is 0 Å². The van der Waals surface area contributed by atoms with Gasteiger partial charge in [-0.05, 0) is 19.9 Å². The van der Waals surface area contributed by atoms with E-state index in [1.54, 1.807) is 12.2 Å². The summed E-state index contributed by atoms with van der Waals surface area (Å²) >= 11 is 0. The zero-order valence-electron chi connectivity index (χ0n) is 11.1. The quantitative estimate of drug-likeness (QED) is 0.750. The number of rotatable bonds is 6. The highest BCUT2D eigenvalue weighted by Crippen LogP contribution is 2.17. The molecule has 0 aliphatic carbocycles. The summed E-state index contributed by atoms with van der Waals surface area (Å²) in [6.07, 6.45) is -1.32. The van der Waals surface area contributed by atoms with Gasteiger partial charge in [0.05, 0.1) is 5.69 Å². The first kappa shape index (κ1) is 14.6. The van der Waals surface area contributed by atoms with Crippen LogP contribution >= 0.6 is 0 Å². The minimum absolute atomic E-state index is 0.161.